The number of ketones is 1. The molecule has 4 saturated heterocycles. The van der Waals surface area contributed by atoms with Gasteiger partial charge < -0.3 is 19.7 Å². The number of nitrogens with one attached hydrogen (secondary N) is 3. The van der Waals surface area contributed by atoms with Gasteiger partial charge in [0.25, 0.3) is 5.91 Å². The minimum absolute atomic E-state index is 0.00471. The Labute approximate surface area is 379 Å². The Bertz CT molecular complexity index is 2870. The van der Waals surface area contributed by atoms with E-state index in [4.69, 9.17) is 0 Å². The van der Waals surface area contributed by atoms with Crippen LogP contribution in [0.5, 0.6) is 0 Å². The molecule has 0 spiro atoms. The summed E-state index contributed by atoms with van der Waals surface area (Å²) in [5.41, 5.74) is 4.18. The van der Waals surface area contributed by atoms with Crippen LogP contribution in [-0.2, 0) is 26.3 Å². The molecule has 7 heterocycles. The van der Waals surface area contributed by atoms with Gasteiger partial charge >= 0.3 is 10.2 Å². The van der Waals surface area contributed by atoms with Crippen LogP contribution >= 0.6 is 0 Å². The lowest BCUT2D eigenvalue weighted by Crippen LogP contribution is -2.52. The van der Waals surface area contributed by atoms with Gasteiger partial charge in [-0.25, -0.2) is 18.2 Å². The van der Waals surface area contributed by atoms with Crippen molar-refractivity contribution in [1.29, 1.82) is 0 Å². The number of anilines is 2. The summed E-state index contributed by atoms with van der Waals surface area (Å²) in [4.78, 5) is 65.0. The van der Waals surface area contributed by atoms with Gasteiger partial charge in [0.1, 0.15) is 23.7 Å². The number of aromatic amines is 1. The maximum atomic E-state index is 15.8. The molecule has 0 radical (unpaired) electrons. The predicted molar refractivity (Wildman–Crippen MR) is 241 cm³/mol. The Morgan fingerprint density at radius 2 is 1.68 bits per heavy atom. The molecule has 14 nitrogen and oxygen atoms in total. The number of rotatable bonds is 12. The number of aromatic nitrogens is 2. The molecule has 18 heteroatoms. The van der Waals surface area contributed by atoms with Gasteiger partial charge in [0, 0.05) is 79.3 Å². The van der Waals surface area contributed by atoms with Crippen LogP contribution in [0.2, 0.25) is 0 Å². The number of alkyl halides is 1. The first-order valence-corrected chi connectivity index (χ1v) is 24.0. The number of imide groups is 1. The van der Waals surface area contributed by atoms with Crippen LogP contribution in [0.15, 0.2) is 73.1 Å². The van der Waals surface area contributed by atoms with Crippen molar-refractivity contribution in [2.75, 3.05) is 55.4 Å². The van der Waals surface area contributed by atoms with E-state index in [1.165, 1.54) is 11.8 Å². The third-order valence-electron chi connectivity index (χ3n) is 14.1. The summed E-state index contributed by atoms with van der Waals surface area (Å²) in [5, 5.41) is 2.71. The second kappa shape index (κ2) is 17.6. The van der Waals surface area contributed by atoms with Crippen LogP contribution < -0.4 is 14.9 Å². The standard InChI is InChI=1S/C48H49F3N8O6S/c49-34-15-20-58(27-34)66(64,65)55-40-8-7-39(50)43(44(40)51)45(61)38-24-53-46-37(38)22-32(23-52-46)29-1-4-35(5-2-29)57-19-12-28(25-57)11-16-56-17-13-30(14-18-56)31-3-6-36-33(21-31)26-59(48(36)63)41-9-10-42(60)54-47(41)62/h1-8,21-24,28,30,34,41,55H,9-20,25-27H2,(H,52,53)(H,54,60,62)/t28-,34-,41?/m1/s1. The summed E-state index contributed by atoms with van der Waals surface area (Å²) in [6.07, 6.45) is 6.50. The number of hydrogen-bond donors (Lipinski definition) is 3. The SMILES string of the molecule is O=C1CCC(N2Cc3cc(C4CCN(CC[C@@H]5CCN(c6ccc(-c7cnc8[nH]cc(C(=O)c9c(F)ccc(NS(=O)(=O)N%10CC[C@@H](F)C%10)c9F)c8c7)cc6)C5)CC4)ccc3C2=O)C(=O)N1. The van der Waals surface area contributed by atoms with Crippen molar-refractivity contribution in [3.8, 4) is 11.1 Å². The molecule has 0 aliphatic carbocycles. The van der Waals surface area contributed by atoms with E-state index in [2.05, 4.69) is 49.4 Å². The molecule has 344 valence electrons. The number of hydrogen-bond acceptors (Lipinski definition) is 9. The van der Waals surface area contributed by atoms with Gasteiger partial charge in [0.2, 0.25) is 17.6 Å². The number of H-pyrrole nitrogens is 1. The summed E-state index contributed by atoms with van der Waals surface area (Å²) in [7, 11) is -4.35. The summed E-state index contributed by atoms with van der Waals surface area (Å²) < 4.78 is 73.1. The van der Waals surface area contributed by atoms with Gasteiger partial charge in [-0.15, -0.1) is 0 Å². The minimum Gasteiger partial charge on any atom is -0.371 e. The average Bonchev–Trinajstić information content (AvgIpc) is 4.14. The molecule has 3 atom stereocenters. The Balaban J connectivity index is 0.728. The van der Waals surface area contributed by atoms with Crippen molar-refractivity contribution in [1.82, 2.24) is 29.4 Å². The van der Waals surface area contributed by atoms with Crippen molar-refractivity contribution in [2.24, 2.45) is 5.92 Å². The monoisotopic (exact) mass is 922 g/mol. The second-order valence-electron chi connectivity index (χ2n) is 18.2. The lowest BCUT2D eigenvalue weighted by Gasteiger charge is -2.33. The maximum absolute atomic E-state index is 15.8. The van der Waals surface area contributed by atoms with Crippen LogP contribution in [0.4, 0.5) is 24.5 Å². The zero-order valence-corrected chi connectivity index (χ0v) is 36.9. The van der Waals surface area contributed by atoms with Crippen molar-refractivity contribution in [3.05, 3.63) is 113 Å². The van der Waals surface area contributed by atoms with E-state index < -0.39 is 57.0 Å². The lowest BCUT2D eigenvalue weighted by atomic mass is 9.87. The van der Waals surface area contributed by atoms with E-state index in [0.717, 1.165) is 91.7 Å². The Morgan fingerprint density at radius 1 is 0.879 bits per heavy atom. The zero-order chi connectivity index (χ0) is 45.9. The number of benzene rings is 3. The first-order valence-electron chi connectivity index (χ1n) is 22.6. The molecule has 3 amide bonds. The van der Waals surface area contributed by atoms with E-state index in [9.17, 15) is 32.0 Å². The average molecular weight is 923 g/mol. The number of pyridine rings is 1. The zero-order valence-electron chi connectivity index (χ0n) is 36.1. The third kappa shape index (κ3) is 8.45. The molecule has 1 unspecified atom stereocenters. The molecule has 66 heavy (non-hydrogen) atoms. The third-order valence-corrected chi connectivity index (χ3v) is 15.6. The van der Waals surface area contributed by atoms with Crippen LogP contribution in [0.1, 0.15) is 88.3 Å². The number of nitrogens with zero attached hydrogens (tertiary/aromatic N) is 5. The number of halogens is 3. The molecule has 5 aliphatic rings. The minimum atomic E-state index is -4.35. The summed E-state index contributed by atoms with van der Waals surface area (Å²) >= 11 is 0. The number of amides is 3. The van der Waals surface area contributed by atoms with Gasteiger partial charge in [-0.1, -0.05) is 24.3 Å². The summed E-state index contributed by atoms with van der Waals surface area (Å²) in [6.45, 7) is 4.86. The largest absolute Gasteiger partial charge is 0.371 e. The van der Waals surface area contributed by atoms with Crippen molar-refractivity contribution in [3.63, 3.8) is 0 Å². The molecular formula is C48H49F3N8O6S. The topological polar surface area (TPSA) is 168 Å². The number of likely N-dealkylation sites (tertiary alicyclic amines) is 1. The van der Waals surface area contributed by atoms with Gasteiger partial charge in [-0.2, -0.15) is 12.7 Å². The quantitative estimate of drug-likeness (QED) is 0.0962. The Kier molecular flexibility index (Phi) is 11.7. The Morgan fingerprint density at radius 3 is 2.44 bits per heavy atom. The van der Waals surface area contributed by atoms with Gasteiger partial charge in [0.15, 0.2) is 5.82 Å². The first kappa shape index (κ1) is 43.8. The van der Waals surface area contributed by atoms with Crippen molar-refractivity contribution in [2.45, 2.75) is 69.6 Å². The number of fused-ring (bicyclic) bond motifs is 2. The highest BCUT2D eigenvalue weighted by molar-refractivity contribution is 7.90. The smallest absolute Gasteiger partial charge is 0.301 e. The number of carbonyl (C=O) groups is 4. The summed E-state index contributed by atoms with van der Waals surface area (Å²) in [6, 6.07) is 17.0. The molecule has 0 saturated carbocycles. The fourth-order valence-electron chi connectivity index (χ4n) is 10.3. The van der Waals surface area contributed by atoms with Crippen molar-refractivity contribution >= 4 is 56.1 Å². The highest BCUT2D eigenvalue weighted by Crippen LogP contribution is 2.36. The maximum Gasteiger partial charge on any atom is 0.301 e. The van der Waals surface area contributed by atoms with Crippen molar-refractivity contribution < 1.29 is 40.8 Å². The second-order valence-corrected chi connectivity index (χ2v) is 19.8. The number of carbonyl (C=O) groups excluding carboxylic acids is 4. The highest BCUT2D eigenvalue weighted by Gasteiger charge is 2.40. The molecule has 10 rings (SSSR count). The fraction of sp³-hybridized carbons (Fsp3) is 0.396. The molecular weight excluding hydrogens is 874 g/mol. The molecule has 3 N–H and O–H groups in total. The van der Waals surface area contributed by atoms with E-state index in [1.54, 1.807) is 17.2 Å². The van der Waals surface area contributed by atoms with Gasteiger partial charge in [-0.3, -0.25) is 29.2 Å². The molecule has 0 bridgehead atoms. The van der Waals surface area contributed by atoms with Gasteiger partial charge in [0.05, 0.1) is 11.3 Å². The van der Waals surface area contributed by atoms with E-state index in [0.29, 0.717) is 47.0 Å². The van der Waals surface area contributed by atoms with Crippen LogP contribution in [0, 0.1) is 17.6 Å². The van der Waals surface area contributed by atoms with Crippen LogP contribution in [0.3, 0.4) is 0 Å². The van der Waals surface area contributed by atoms with Crippen LogP contribution in [0.25, 0.3) is 22.2 Å². The molecule has 2 aromatic heterocycles. The fourth-order valence-corrected chi connectivity index (χ4v) is 11.6. The van der Waals surface area contributed by atoms with E-state index in [-0.39, 0.29) is 43.3 Å². The summed E-state index contributed by atoms with van der Waals surface area (Å²) in [5.74, 6) is -3.41. The molecule has 5 aromatic rings. The van der Waals surface area contributed by atoms with E-state index >= 15 is 8.78 Å². The van der Waals surface area contributed by atoms with Gasteiger partial charge in [-0.05, 0) is 123 Å². The highest BCUT2D eigenvalue weighted by atomic mass is 32.2. The van der Waals surface area contributed by atoms with E-state index in [1.807, 2.05) is 22.9 Å². The molecule has 3 aromatic carbocycles. The molecule has 5 aliphatic heterocycles. The lowest BCUT2D eigenvalue weighted by molar-refractivity contribution is -0.136. The van der Waals surface area contributed by atoms with Crippen LogP contribution in [-0.4, -0.2) is 114 Å². The first-order chi connectivity index (χ1) is 31.8. The normalized spacial score (nSPS) is 22.1. The number of piperidine rings is 2. The Hall–Kier alpha value is -6.11. The predicted octanol–water partition coefficient (Wildman–Crippen LogP) is 6.30. The molecule has 4 fully saturated rings.